The van der Waals surface area contributed by atoms with E-state index in [-0.39, 0.29) is 5.69 Å². The van der Waals surface area contributed by atoms with Crippen LogP contribution in [0.3, 0.4) is 0 Å². The first-order chi connectivity index (χ1) is 19.0. The number of benzene rings is 2. The molecule has 0 aliphatic carbocycles. The number of aryl methyl sites for hydroxylation is 2. The summed E-state index contributed by atoms with van der Waals surface area (Å²) < 4.78 is 3.83. The van der Waals surface area contributed by atoms with Crippen LogP contribution in [0.15, 0.2) is 71.9 Å². The number of aromatic nitrogens is 7. The molecule has 0 unspecified atom stereocenters. The van der Waals surface area contributed by atoms with Crippen LogP contribution < -0.4 is 5.69 Å². The van der Waals surface area contributed by atoms with Crippen molar-refractivity contribution in [2.75, 3.05) is 0 Å². The van der Waals surface area contributed by atoms with E-state index in [4.69, 9.17) is 0 Å². The van der Waals surface area contributed by atoms with Crippen LogP contribution in [-0.4, -0.2) is 34.7 Å². The Balaban J connectivity index is 1.52. The monoisotopic (exact) mass is 521 g/mol. The molecule has 39 heavy (non-hydrogen) atoms. The minimum atomic E-state index is 0.0135. The smallest absolute Gasteiger partial charge is 0.292 e. The molecule has 8 nitrogen and oxygen atoms in total. The highest BCUT2D eigenvalue weighted by Crippen LogP contribution is 2.30. The lowest BCUT2D eigenvalue weighted by Gasteiger charge is -2.17. The maximum absolute atomic E-state index is 14.0. The molecule has 200 valence electrons. The molecule has 8 heteroatoms. The zero-order valence-corrected chi connectivity index (χ0v) is 23.1. The Morgan fingerprint density at radius 1 is 0.949 bits per heavy atom. The predicted octanol–water partition coefficient (Wildman–Crippen LogP) is 5.96. The third kappa shape index (κ3) is 5.32. The van der Waals surface area contributed by atoms with Gasteiger partial charge < -0.3 is 0 Å². The van der Waals surface area contributed by atoms with Crippen LogP contribution in [0.25, 0.3) is 28.2 Å². The topological polar surface area (TPSA) is 94.3 Å². The predicted molar refractivity (Wildman–Crippen MR) is 154 cm³/mol. The maximum atomic E-state index is 14.0. The Morgan fingerprint density at radius 2 is 1.74 bits per heavy atom. The summed E-state index contributed by atoms with van der Waals surface area (Å²) in [5.74, 6) is 0.844. The summed E-state index contributed by atoms with van der Waals surface area (Å²) in [4.78, 5) is 18.3. The molecule has 0 radical (unpaired) electrons. The van der Waals surface area contributed by atoms with Crippen molar-refractivity contribution < 1.29 is 0 Å². The summed E-state index contributed by atoms with van der Waals surface area (Å²) in [5.41, 5.74) is 8.40. The summed E-state index contributed by atoms with van der Waals surface area (Å²) in [5, 5.41) is 14.5. The van der Waals surface area contributed by atoms with Gasteiger partial charge in [0.1, 0.15) is 0 Å². The minimum absolute atomic E-state index is 0.0135. The van der Waals surface area contributed by atoms with Gasteiger partial charge in [0.05, 0.1) is 12.2 Å². The van der Waals surface area contributed by atoms with E-state index < -0.39 is 0 Å². The van der Waals surface area contributed by atoms with E-state index in [1.165, 1.54) is 11.1 Å². The second-order valence-corrected chi connectivity index (χ2v) is 10.2. The molecule has 0 amide bonds. The average molecular weight is 522 g/mol. The standard InChI is InChI=1S/C31H35N7O/c1-5-8-24-10-7-11-26(21(3)4)29(24)38-20-25(9-6-2)37(31(38)39)19-22-12-14-23(15-13-22)28-18-32-17-16-27(28)30-33-35-36-34-30/h7,10-18,20-21H,5-6,8-9,19H2,1-4H3,(H,33,34,35,36). The number of aromatic amines is 1. The summed E-state index contributed by atoms with van der Waals surface area (Å²) >= 11 is 0. The quantitative estimate of drug-likeness (QED) is 0.245. The molecule has 0 atom stereocenters. The molecule has 1 N–H and O–H groups in total. The van der Waals surface area contributed by atoms with E-state index in [1.54, 1.807) is 6.20 Å². The van der Waals surface area contributed by atoms with Crippen LogP contribution in [0.2, 0.25) is 0 Å². The van der Waals surface area contributed by atoms with Gasteiger partial charge in [0.15, 0.2) is 0 Å². The van der Waals surface area contributed by atoms with E-state index in [0.717, 1.165) is 59.3 Å². The largest absolute Gasteiger partial charge is 0.333 e. The molecule has 0 fully saturated rings. The molecule has 0 aliphatic heterocycles. The highest BCUT2D eigenvalue weighted by Gasteiger charge is 2.19. The fraction of sp³-hybridized carbons (Fsp3) is 0.323. The zero-order valence-electron chi connectivity index (χ0n) is 23.1. The van der Waals surface area contributed by atoms with Crippen molar-refractivity contribution in [3.05, 3.63) is 100.0 Å². The fourth-order valence-electron chi connectivity index (χ4n) is 5.22. The summed E-state index contributed by atoms with van der Waals surface area (Å²) in [6.45, 7) is 9.23. The average Bonchev–Trinajstić information content (AvgIpc) is 3.59. The van der Waals surface area contributed by atoms with Gasteiger partial charge in [-0.05, 0) is 52.3 Å². The summed E-state index contributed by atoms with van der Waals surface area (Å²) in [6.07, 6.45) is 9.38. The third-order valence-electron chi connectivity index (χ3n) is 7.11. The van der Waals surface area contributed by atoms with Crippen molar-refractivity contribution >= 4 is 0 Å². The number of hydrogen-bond donors (Lipinski definition) is 1. The van der Waals surface area contributed by atoms with Gasteiger partial charge in [0.2, 0.25) is 5.82 Å². The van der Waals surface area contributed by atoms with Crippen molar-refractivity contribution in [1.82, 2.24) is 34.7 Å². The van der Waals surface area contributed by atoms with Crippen LogP contribution >= 0.6 is 0 Å². The van der Waals surface area contributed by atoms with Crippen molar-refractivity contribution in [1.29, 1.82) is 0 Å². The minimum Gasteiger partial charge on any atom is -0.292 e. The second-order valence-electron chi connectivity index (χ2n) is 10.2. The molecule has 5 rings (SSSR count). The number of tetrazole rings is 1. The van der Waals surface area contributed by atoms with Gasteiger partial charge in [-0.3, -0.25) is 14.1 Å². The lowest BCUT2D eigenvalue weighted by Crippen LogP contribution is -2.26. The van der Waals surface area contributed by atoms with Gasteiger partial charge in [0, 0.05) is 35.4 Å². The maximum Gasteiger partial charge on any atom is 0.333 e. The van der Waals surface area contributed by atoms with Gasteiger partial charge in [-0.15, -0.1) is 10.2 Å². The first-order valence-electron chi connectivity index (χ1n) is 13.7. The lowest BCUT2D eigenvalue weighted by molar-refractivity contribution is 0.689. The highest BCUT2D eigenvalue weighted by molar-refractivity contribution is 5.79. The lowest BCUT2D eigenvalue weighted by atomic mass is 9.95. The van der Waals surface area contributed by atoms with E-state index in [9.17, 15) is 4.79 Å². The molecule has 5 aromatic rings. The molecule has 0 saturated carbocycles. The Labute approximate surface area is 228 Å². The van der Waals surface area contributed by atoms with Gasteiger partial charge in [-0.2, -0.15) is 5.21 Å². The number of hydrogen-bond acceptors (Lipinski definition) is 5. The number of imidazole rings is 1. The van der Waals surface area contributed by atoms with Crippen molar-refractivity contribution in [3.63, 3.8) is 0 Å². The van der Waals surface area contributed by atoms with Gasteiger partial charge >= 0.3 is 5.69 Å². The highest BCUT2D eigenvalue weighted by atomic mass is 16.1. The number of nitrogens with zero attached hydrogens (tertiary/aromatic N) is 6. The SMILES string of the molecule is CCCc1cccc(C(C)C)c1-n1cc(CCC)n(Cc2ccc(-c3cnccc3-c3nn[nH]n3)cc2)c1=O. The van der Waals surface area contributed by atoms with Gasteiger partial charge in [-0.1, -0.05) is 83.0 Å². The van der Waals surface area contributed by atoms with Crippen LogP contribution in [0.4, 0.5) is 0 Å². The Morgan fingerprint density at radius 3 is 2.44 bits per heavy atom. The van der Waals surface area contributed by atoms with Crippen LogP contribution in [-0.2, 0) is 19.4 Å². The van der Waals surface area contributed by atoms with Crippen LogP contribution in [0.1, 0.15) is 68.8 Å². The number of pyridine rings is 1. The molecule has 0 bridgehead atoms. The third-order valence-corrected chi connectivity index (χ3v) is 7.11. The molecular weight excluding hydrogens is 486 g/mol. The van der Waals surface area contributed by atoms with E-state index in [1.807, 2.05) is 21.4 Å². The van der Waals surface area contributed by atoms with Crippen LogP contribution in [0.5, 0.6) is 0 Å². The Kier molecular flexibility index (Phi) is 7.81. The molecule has 2 aromatic carbocycles. The van der Waals surface area contributed by atoms with E-state index in [2.05, 4.69) is 102 Å². The zero-order chi connectivity index (χ0) is 27.4. The number of H-pyrrole nitrogens is 1. The first kappa shape index (κ1) is 26.3. The first-order valence-corrected chi connectivity index (χ1v) is 13.7. The molecule has 0 spiro atoms. The normalized spacial score (nSPS) is 11.4. The fourth-order valence-corrected chi connectivity index (χ4v) is 5.22. The summed E-state index contributed by atoms with van der Waals surface area (Å²) in [6, 6.07) is 16.6. The Bertz CT molecular complexity index is 1600. The van der Waals surface area contributed by atoms with Crippen LogP contribution in [0, 0.1) is 0 Å². The number of nitrogens with one attached hydrogen (secondary N) is 1. The van der Waals surface area contributed by atoms with Crippen molar-refractivity contribution in [3.8, 4) is 28.2 Å². The van der Waals surface area contributed by atoms with Gasteiger partial charge in [-0.25, -0.2) is 4.79 Å². The van der Waals surface area contributed by atoms with E-state index >= 15 is 0 Å². The second kappa shape index (κ2) is 11.6. The van der Waals surface area contributed by atoms with Gasteiger partial charge in [0.25, 0.3) is 0 Å². The molecule has 3 aromatic heterocycles. The molecule has 0 saturated heterocycles. The van der Waals surface area contributed by atoms with Crippen molar-refractivity contribution in [2.45, 2.75) is 65.8 Å². The number of para-hydroxylation sites is 1. The molecule has 3 heterocycles. The molecular formula is C31H35N7O. The van der Waals surface area contributed by atoms with E-state index in [0.29, 0.717) is 18.3 Å². The summed E-state index contributed by atoms with van der Waals surface area (Å²) in [7, 11) is 0. The number of rotatable bonds is 10. The molecule has 0 aliphatic rings. The Hall–Kier alpha value is -4.33. The van der Waals surface area contributed by atoms with Crippen molar-refractivity contribution in [2.24, 2.45) is 0 Å².